The maximum Gasteiger partial charge on any atom is 0.326 e. The van der Waals surface area contributed by atoms with E-state index in [-0.39, 0.29) is 6.42 Å². The summed E-state index contributed by atoms with van der Waals surface area (Å²) in [6.07, 6.45) is 5.10. The van der Waals surface area contributed by atoms with Gasteiger partial charge in [0.2, 0.25) is 5.91 Å². The summed E-state index contributed by atoms with van der Waals surface area (Å²) < 4.78 is 1.78. The van der Waals surface area contributed by atoms with Gasteiger partial charge in [-0.15, -0.1) is 0 Å². The number of hydrogen-bond acceptors (Lipinski definition) is 3. The number of rotatable bonds is 8. The van der Waals surface area contributed by atoms with E-state index in [4.69, 9.17) is 5.10 Å². The highest BCUT2D eigenvalue weighted by Crippen LogP contribution is 2.28. The molecule has 0 radical (unpaired) electrons. The predicted octanol–water partition coefficient (Wildman–Crippen LogP) is 5.52. The molecule has 0 aliphatic carbocycles. The van der Waals surface area contributed by atoms with Crippen LogP contribution in [0.2, 0.25) is 0 Å². The van der Waals surface area contributed by atoms with E-state index in [1.165, 1.54) is 6.08 Å². The molecule has 1 amide bonds. The van der Waals surface area contributed by atoms with Gasteiger partial charge < -0.3 is 10.4 Å². The number of hydrogen-bond donors (Lipinski definition) is 2. The fraction of sp³-hybridized carbons (Fsp3) is 0.0645. The number of benzene rings is 4. The summed E-state index contributed by atoms with van der Waals surface area (Å²) in [5, 5.41) is 19.3. The van der Waals surface area contributed by atoms with Crippen LogP contribution in [-0.4, -0.2) is 32.8 Å². The molecule has 0 saturated carbocycles. The van der Waals surface area contributed by atoms with Crippen LogP contribution in [0.1, 0.15) is 11.1 Å². The summed E-state index contributed by atoms with van der Waals surface area (Å²) in [7, 11) is 0. The van der Waals surface area contributed by atoms with Crippen molar-refractivity contribution in [3.8, 4) is 16.9 Å². The van der Waals surface area contributed by atoms with E-state index < -0.39 is 17.9 Å². The molecule has 4 aromatic carbocycles. The SMILES string of the molecule is O=C(/C=C/c1cn(-c2ccccc2)nc1-c1ccc2ccccc2c1)N[C@@H](Cc1ccccc1)C(=O)O. The molecule has 0 aliphatic rings. The Morgan fingerprint density at radius 3 is 2.27 bits per heavy atom. The predicted molar refractivity (Wildman–Crippen MR) is 145 cm³/mol. The molecular weight excluding hydrogens is 462 g/mol. The number of fused-ring (bicyclic) bond motifs is 1. The molecule has 0 aliphatic heterocycles. The van der Waals surface area contributed by atoms with Crippen molar-refractivity contribution < 1.29 is 14.7 Å². The van der Waals surface area contributed by atoms with Gasteiger partial charge in [0, 0.05) is 29.8 Å². The van der Waals surface area contributed by atoms with Crippen LogP contribution in [0, 0.1) is 0 Å². The van der Waals surface area contributed by atoms with Gasteiger partial charge in [0.15, 0.2) is 0 Å². The second-order valence-corrected chi connectivity index (χ2v) is 8.70. The Morgan fingerprint density at radius 1 is 0.865 bits per heavy atom. The van der Waals surface area contributed by atoms with Gasteiger partial charge in [-0.1, -0.05) is 84.9 Å². The summed E-state index contributed by atoms with van der Waals surface area (Å²) in [4.78, 5) is 24.5. The van der Waals surface area contributed by atoms with E-state index in [1.807, 2.05) is 91.1 Å². The van der Waals surface area contributed by atoms with Gasteiger partial charge in [0.1, 0.15) is 6.04 Å². The Hall–Kier alpha value is -4.97. The van der Waals surface area contributed by atoms with Crippen LogP contribution >= 0.6 is 0 Å². The minimum Gasteiger partial charge on any atom is -0.480 e. The van der Waals surface area contributed by atoms with E-state index in [2.05, 4.69) is 23.5 Å². The monoisotopic (exact) mass is 487 g/mol. The second-order valence-electron chi connectivity index (χ2n) is 8.70. The average molecular weight is 488 g/mol. The van der Waals surface area contributed by atoms with Crippen LogP contribution in [-0.2, 0) is 16.0 Å². The van der Waals surface area contributed by atoms with Crippen molar-refractivity contribution in [2.75, 3.05) is 0 Å². The van der Waals surface area contributed by atoms with Gasteiger partial charge >= 0.3 is 5.97 Å². The summed E-state index contributed by atoms with van der Waals surface area (Å²) >= 11 is 0. The average Bonchev–Trinajstić information content (AvgIpc) is 3.37. The number of amides is 1. The molecule has 37 heavy (non-hydrogen) atoms. The molecule has 2 N–H and O–H groups in total. The highest BCUT2D eigenvalue weighted by molar-refractivity contribution is 5.95. The van der Waals surface area contributed by atoms with Crippen molar-refractivity contribution in [3.63, 3.8) is 0 Å². The quantitative estimate of drug-likeness (QED) is 0.282. The number of carboxylic acid groups (broad SMARTS) is 1. The first-order valence-corrected chi connectivity index (χ1v) is 12.0. The van der Waals surface area contributed by atoms with Crippen molar-refractivity contribution in [3.05, 3.63) is 127 Å². The largest absolute Gasteiger partial charge is 0.480 e. The van der Waals surface area contributed by atoms with Crippen LogP contribution in [0.15, 0.2) is 115 Å². The number of nitrogens with one attached hydrogen (secondary N) is 1. The summed E-state index contributed by atoms with van der Waals surface area (Å²) in [5.74, 6) is -1.57. The number of carboxylic acids is 1. The number of nitrogens with zero attached hydrogens (tertiary/aromatic N) is 2. The third-order valence-electron chi connectivity index (χ3n) is 6.10. The van der Waals surface area contributed by atoms with Crippen molar-refractivity contribution >= 4 is 28.7 Å². The molecule has 1 atom stereocenters. The minimum absolute atomic E-state index is 0.198. The molecule has 1 heterocycles. The van der Waals surface area contributed by atoms with Gasteiger partial charge in [-0.2, -0.15) is 5.10 Å². The van der Waals surface area contributed by atoms with Gasteiger partial charge in [-0.05, 0) is 40.6 Å². The fourth-order valence-corrected chi connectivity index (χ4v) is 4.22. The second kappa shape index (κ2) is 10.7. The van der Waals surface area contributed by atoms with Crippen LogP contribution in [0.25, 0.3) is 33.8 Å². The Balaban J connectivity index is 1.44. The van der Waals surface area contributed by atoms with Gasteiger partial charge in [0.25, 0.3) is 0 Å². The standard InChI is InChI=1S/C31H25N3O3/c35-29(32-28(31(36)37)19-22-9-3-1-4-10-22)18-17-26-21-34(27-13-5-2-6-14-27)33-30(26)25-16-15-23-11-7-8-12-24(23)20-25/h1-18,20-21,28H,19H2,(H,32,35)(H,36,37)/b18-17+/t28-/m0/s1. The van der Waals surface area contributed by atoms with E-state index in [1.54, 1.807) is 10.8 Å². The van der Waals surface area contributed by atoms with Crippen LogP contribution < -0.4 is 5.32 Å². The lowest BCUT2D eigenvalue weighted by atomic mass is 10.0. The maximum absolute atomic E-state index is 12.7. The van der Waals surface area contributed by atoms with Crippen LogP contribution in [0.5, 0.6) is 0 Å². The third-order valence-corrected chi connectivity index (χ3v) is 6.10. The molecule has 0 spiro atoms. The number of aromatic nitrogens is 2. The Labute approximate surface area is 214 Å². The topological polar surface area (TPSA) is 84.2 Å². The van der Waals surface area contributed by atoms with Gasteiger partial charge in [-0.25, -0.2) is 9.48 Å². The highest BCUT2D eigenvalue weighted by Gasteiger charge is 2.19. The number of carbonyl (C=O) groups is 2. The molecule has 6 nitrogen and oxygen atoms in total. The van der Waals surface area contributed by atoms with Crippen LogP contribution in [0.4, 0.5) is 0 Å². The molecule has 0 bridgehead atoms. The summed E-state index contributed by atoms with van der Waals surface area (Å²) in [6.45, 7) is 0. The molecular formula is C31H25N3O3. The van der Waals surface area contributed by atoms with E-state index >= 15 is 0 Å². The molecule has 0 saturated heterocycles. The van der Waals surface area contributed by atoms with E-state index in [9.17, 15) is 14.7 Å². The zero-order valence-electron chi connectivity index (χ0n) is 20.0. The first kappa shape index (κ1) is 23.8. The molecule has 182 valence electrons. The van der Waals surface area contributed by atoms with Crippen molar-refractivity contribution in [2.45, 2.75) is 12.5 Å². The Kier molecular flexibility index (Phi) is 6.90. The summed E-state index contributed by atoms with van der Waals surface area (Å²) in [6, 6.07) is 32.2. The first-order valence-electron chi connectivity index (χ1n) is 12.0. The van der Waals surface area contributed by atoms with Gasteiger partial charge in [0.05, 0.1) is 11.4 Å². The number of carbonyl (C=O) groups excluding carboxylic acids is 1. The molecule has 5 rings (SSSR count). The minimum atomic E-state index is -1.08. The van der Waals surface area contributed by atoms with Crippen molar-refractivity contribution in [1.82, 2.24) is 15.1 Å². The Bertz CT molecular complexity index is 1570. The molecule has 0 unspecified atom stereocenters. The van der Waals surface area contributed by atoms with Gasteiger partial charge in [-0.3, -0.25) is 4.79 Å². The zero-order chi connectivity index (χ0) is 25.6. The normalized spacial score (nSPS) is 12.0. The highest BCUT2D eigenvalue weighted by atomic mass is 16.4. The van der Waals surface area contributed by atoms with E-state index in [0.717, 1.165) is 38.8 Å². The Morgan fingerprint density at radius 2 is 1.54 bits per heavy atom. The number of aliphatic carboxylic acids is 1. The third kappa shape index (κ3) is 5.65. The first-order chi connectivity index (χ1) is 18.1. The van der Waals surface area contributed by atoms with Crippen molar-refractivity contribution in [2.24, 2.45) is 0 Å². The molecule has 6 heteroatoms. The lowest BCUT2D eigenvalue weighted by molar-refractivity contribution is -0.141. The fourth-order valence-electron chi connectivity index (χ4n) is 4.22. The van der Waals surface area contributed by atoms with Crippen LogP contribution in [0.3, 0.4) is 0 Å². The summed E-state index contributed by atoms with van der Waals surface area (Å²) in [5.41, 5.74) is 4.10. The zero-order valence-corrected chi connectivity index (χ0v) is 20.0. The van der Waals surface area contributed by atoms with Crippen molar-refractivity contribution in [1.29, 1.82) is 0 Å². The van der Waals surface area contributed by atoms with E-state index in [0.29, 0.717) is 0 Å². The lowest BCUT2D eigenvalue weighted by Gasteiger charge is -2.13. The smallest absolute Gasteiger partial charge is 0.326 e. The lowest BCUT2D eigenvalue weighted by Crippen LogP contribution is -2.41. The molecule has 5 aromatic rings. The molecule has 0 fully saturated rings. The maximum atomic E-state index is 12.7. The molecule has 1 aromatic heterocycles. The number of para-hydroxylation sites is 1.